The molecule has 1 rings (SSSR count). The largest absolute Gasteiger partial charge is 0.547 e. The van der Waals surface area contributed by atoms with E-state index >= 15 is 0 Å². The molecule has 1 aromatic heterocycles. The van der Waals surface area contributed by atoms with E-state index < -0.39 is 24.1 Å². The Bertz CT molecular complexity index is 289. The summed E-state index contributed by atoms with van der Waals surface area (Å²) in [5.74, 6) is -4.12. The van der Waals surface area contributed by atoms with E-state index in [1.807, 2.05) is 30.6 Å². The zero-order valence-corrected chi connectivity index (χ0v) is 9.37. The quantitative estimate of drug-likeness (QED) is 0.540. The van der Waals surface area contributed by atoms with Gasteiger partial charge in [-0.05, 0) is 0 Å². The minimum atomic E-state index is -2.44. The number of rotatable bonds is 3. The molecule has 98 valence electrons. The zero-order chi connectivity index (χ0) is 12.6. The number of pyridine rings is 1. The number of H-pyrrole nitrogens is 1. The van der Waals surface area contributed by atoms with Crippen LogP contribution in [0.25, 0.3) is 0 Å². The maximum Gasteiger partial charge on any atom is 0.166 e. The fourth-order valence-electron chi connectivity index (χ4n) is 0.600. The van der Waals surface area contributed by atoms with E-state index in [1.165, 1.54) is 0 Å². The zero-order valence-electron chi connectivity index (χ0n) is 8.39. The van der Waals surface area contributed by atoms with Crippen molar-refractivity contribution in [1.29, 1.82) is 0 Å². The normalized spacial score (nSPS) is 12.1. The van der Waals surface area contributed by atoms with Crippen LogP contribution in [0.4, 0.5) is 0 Å². The van der Waals surface area contributed by atoms with Crippen LogP contribution in [-0.4, -0.2) is 34.4 Å². The first-order valence-corrected chi connectivity index (χ1v) is 4.15. The molecule has 3 N–H and O–H groups in total. The smallest absolute Gasteiger partial charge is 0.166 e. The van der Waals surface area contributed by atoms with Crippen LogP contribution in [0.2, 0.25) is 0 Å². The predicted octanol–water partition coefficient (Wildman–Crippen LogP) is -4.29. The number of aliphatic hydroxyl groups excluding tert-OH is 2. The Morgan fingerprint density at radius 1 is 0.941 bits per heavy atom. The molecule has 0 aliphatic carbocycles. The molecule has 2 unspecified atom stereocenters. The number of nitrogens with one attached hydrogen (secondary N) is 1. The third-order valence-corrected chi connectivity index (χ3v) is 1.39. The summed E-state index contributed by atoms with van der Waals surface area (Å²) in [7, 11) is 0. The standard InChI is InChI=1S/C5H5N.C4H6O6.Ni/c1-2-4-6-5-3-1;5-1(3(7)8)2(6)4(9)10;/h1-5H;1-2,5-6H,(H,7,8)(H,9,10);/p-1. The summed E-state index contributed by atoms with van der Waals surface area (Å²) in [5, 5.41) is 35.7. The Hall–Kier alpha value is -1.50. The number of carboxylic acid groups (broad SMARTS) is 2. The third-order valence-electron chi connectivity index (χ3n) is 1.39. The first kappa shape index (κ1) is 17.9. The van der Waals surface area contributed by atoms with Gasteiger partial charge in [-0.1, -0.05) is 6.07 Å². The summed E-state index contributed by atoms with van der Waals surface area (Å²) in [4.78, 5) is 22.2. The van der Waals surface area contributed by atoms with Crippen LogP contribution < -0.4 is 15.2 Å². The number of aromatic amines is 1. The summed E-state index contributed by atoms with van der Waals surface area (Å²) in [6, 6.07) is 5.86. The molecule has 0 bridgehead atoms. The van der Waals surface area contributed by atoms with Crippen LogP contribution in [0, 0.1) is 0 Å². The molecule has 0 amide bonds. The van der Waals surface area contributed by atoms with Crippen LogP contribution in [0.5, 0.6) is 0 Å². The van der Waals surface area contributed by atoms with E-state index in [2.05, 4.69) is 4.98 Å². The minimum Gasteiger partial charge on any atom is -0.547 e. The summed E-state index contributed by atoms with van der Waals surface area (Å²) in [6.45, 7) is 0. The number of hydrogen-bond donors (Lipinski definition) is 2. The van der Waals surface area contributed by atoms with Gasteiger partial charge >= 0.3 is 0 Å². The number of aromatic nitrogens is 1. The number of carbonyl (C=O) groups excluding carboxylic acids is 2. The van der Waals surface area contributed by atoms with E-state index in [0.717, 1.165) is 0 Å². The molecule has 0 aliphatic rings. The van der Waals surface area contributed by atoms with Crippen molar-refractivity contribution in [3.05, 3.63) is 30.6 Å². The Morgan fingerprint density at radius 2 is 1.29 bits per heavy atom. The number of hydrogen-bond acceptors (Lipinski definition) is 6. The number of aliphatic hydroxyl groups is 2. The first-order chi connectivity index (χ1) is 7.46. The molecule has 0 aromatic carbocycles. The second kappa shape index (κ2) is 9.71. The average Bonchev–Trinajstić information content (AvgIpc) is 2.30. The average molecular weight is 287 g/mol. The topological polar surface area (TPSA) is 135 Å². The molecule has 1 heterocycles. The molecule has 0 saturated carbocycles. The monoisotopic (exact) mass is 286 g/mol. The fraction of sp³-hybridized carbons (Fsp3) is 0.222. The molecule has 0 radical (unpaired) electrons. The van der Waals surface area contributed by atoms with Crippen LogP contribution >= 0.6 is 0 Å². The van der Waals surface area contributed by atoms with Crippen LogP contribution in [0.15, 0.2) is 30.6 Å². The van der Waals surface area contributed by atoms with E-state index in [4.69, 9.17) is 10.2 Å². The van der Waals surface area contributed by atoms with Gasteiger partial charge in [0, 0.05) is 28.6 Å². The van der Waals surface area contributed by atoms with Gasteiger partial charge in [0.1, 0.15) is 12.2 Å². The molecular weight excluding hydrogens is 277 g/mol. The molecule has 8 heteroatoms. The van der Waals surface area contributed by atoms with Crippen molar-refractivity contribution in [3.63, 3.8) is 0 Å². The van der Waals surface area contributed by atoms with Gasteiger partial charge in [0.05, 0.1) is 11.9 Å². The molecule has 17 heavy (non-hydrogen) atoms. The van der Waals surface area contributed by atoms with Crippen LogP contribution in [0.1, 0.15) is 0 Å². The van der Waals surface area contributed by atoms with Gasteiger partial charge in [0.25, 0.3) is 0 Å². The maximum atomic E-state index is 9.63. The molecule has 0 saturated heterocycles. The SMILES string of the molecule is O=C([O-])C(O)C(O)C(=O)[O-].[Ni].c1cc[nH+]cc1. The number of carbonyl (C=O) groups is 2. The van der Waals surface area contributed by atoms with Gasteiger partial charge in [-0.15, -0.1) is 0 Å². The molecular formula is C9H10NNiO6-. The Balaban J connectivity index is 0. The van der Waals surface area contributed by atoms with Crippen molar-refractivity contribution in [2.24, 2.45) is 0 Å². The summed E-state index contributed by atoms with van der Waals surface area (Å²) in [6.07, 6.45) is -1.13. The van der Waals surface area contributed by atoms with Gasteiger partial charge in [-0.2, -0.15) is 0 Å². The fourth-order valence-corrected chi connectivity index (χ4v) is 0.600. The van der Waals surface area contributed by atoms with Crippen molar-refractivity contribution in [2.45, 2.75) is 12.2 Å². The van der Waals surface area contributed by atoms with Gasteiger partial charge < -0.3 is 30.0 Å². The van der Waals surface area contributed by atoms with Gasteiger partial charge in [0.2, 0.25) is 0 Å². The van der Waals surface area contributed by atoms with Crippen molar-refractivity contribution in [1.82, 2.24) is 0 Å². The molecule has 7 nitrogen and oxygen atoms in total. The molecule has 0 spiro atoms. The van der Waals surface area contributed by atoms with Gasteiger partial charge in [-0.3, -0.25) is 0 Å². The second-order valence-corrected chi connectivity index (χ2v) is 2.61. The van der Waals surface area contributed by atoms with Crippen molar-refractivity contribution >= 4 is 11.9 Å². The predicted molar refractivity (Wildman–Crippen MR) is 45.0 cm³/mol. The molecule has 0 fully saturated rings. The maximum absolute atomic E-state index is 9.63. The van der Waals surface area contributed by atoms with Gasteiger partial charge in [0.15, 0.2) is 12.4 Å². The van der Waals surface area contributed by atoms with E-state index in [-0.39, 0.29) is 16.5 Å². The van der Waals surface area contributed by atoms with E-state index in [1.54, 1.807) is 0 Å². The minimum absolute atomic E-state index is 0. The van der Waals surface area contributed by atoms with E-state index in [0.29, 0.717) is 0 Å². The van der Waals surface area contributed by atoms with Crippen LogP contribution in [-0.2, 0) is 26.1 Å². The molecule has 2 atom stereocenters. The second-order valence-electron chi connectivity index (χ2n) is 2.61. The Morgan fingerprint density at radius 3 is 1.41 bits per heavy atom. The third kappa shape index (κ3) is 8.32. The molecule has 1 aromatic rings. The van der Waals surface area contributed by atoms with Crippen molar-refractivity contribution in [3.8, 4) is 0 Å². The number of carboxylic acids is 2. The van der Waals surface area contributed by atoms with Crippen molar-refractivity contribution in [2.75, 3.05) is 0 Å². The van der Waals surface area contributed by atoms with E-state index in [9.17, 15) is 19.8 Å². The Labute approximate surface area is 107 Å². The summed E-state index contributed by atoms with van der Waals surface area (Å²) in [5.41, 5.74) is 0. The first-order valence-electron chi connectivity index (χ1n) is 4.15. The van der Waals surface area contributed by atoms with Crippen molar-refractivity contribution < 1.29 is 51.5 Å². The van der Waals surface area contributed by atoms with Gasteiger partial charge in [-0.25, -0.2) is 4.98 Å². The summed E-state index contributed by atoms with van der Waals surface area (Å²) >= 11 is 0. The number of aliphatic carboxylic acids is 2. The molecule has 0 aliphatic heterocycles. The Kier molecular flexibility index (Phi) is 10.2. The van der Waals surface area contributed by atoms with Crippen LogP contribution in [0.3, 0.4) is 0 Å². The summed E-state index contributed by atoms with van der Waals surface area (Å²) < 4.78 is 0.